The van der Waals surface area contributed by atoms with Gasteiger partial charge in [0.05, 0.1) is 12.5 Å². The molecule has 6 nitrogen and oxygen atoms in total. The molecule has 2 fully saturated rings. The Morgan fingerprint density at radius 2 is 2.05 bits per heavy atom. The number of aromatic amines is 1. The van der Waals surface area contributed by atoms with Gasteiger partial charge >= 0.3 is 0 Å². The van der Waals surface area contributed by atoms with E-state index < -0.39 is 10.0 Å². The van der Waals surface area contributed by atoms with Crippen molar-refractivity contribution in [3.05, 3.63) is 12.5 Å². The van der Waals surface area contributed by atoms with Crippen molar-refractivity contribution in [1.82, 2.24) is 19.6 Å². The molecule has 0 spiro atoms. The molecule has 2 saturated heterocycles. The van der Waals surface area contributed by atoms with Gasteiger partial charge in [-0.05, 0) is 25.7 Å². The van der Waals surface area contributed by atoms with E-state index in [-0.39, 0.29) is 11.1 Å². The van der Waals surface area contributed by atoms with Crippen molar-refractivity contribution in [2.75, 3.05) is 6.54 Å². The number of hydrogen-bond acceptors (Lipinski definition) is 4. The van der Waals surface area contributed by atoms with Gasteiger partial charge in [0.2, 0.25) is 0 Å². The van der Waals surface area contributed by atoms with Crippen LogP contribution in [0.4, 0.5) is 0 Å². The molecule has 2 unspecified atom stereocenters. The number of rotatable bonds is 4. The van der Waals surface area contributed by atoms with Crippen LogP contribution in [-0.2, 0) is 10.0 Å². The van der Waals surface area contributed by atoms with Crippen LogP contribution in [0.25, 0.3) is 0 Å². The fourth-order valence-corrected chi connectivity index (χ4v) is 4.95. The zero-order valence-corrected chi connectivity index (χ0v) is 11.9. The number of sulfonamides is 1. The molecule has 3 rings (SSSR count). The third-order valence-electron chi connectivity index (χ3n) is 4.23. The maximum Gasteiger partial charge on any atom is 0.260 e. The second-order valence-electron chi connectivity index (χ2n) is 5.39. The second kappa shape index (κ2) is 4.88. The van der Waals surface area contributed by atoms with E-state index >= 15 is 0 Å². The Hall–Kier alpha value is -0.920. The van der Waals surface area contributed by atoms with E-state index in [0.717, 1.165) is 12.8 Å². The Morgan fingerprint density at radius 1 is 1.37 bits per heavy atom. The summed E-state index contributed by atoms with van der Waals surface area (Å²) in [4.78, 5) is 6.53. The summed E-state index contributed by atoms with van der Waals surface area (Å²) < 4.78 is 26.8. The molecule has 1 aromatic rings. The molecule has 3 heterocycles. The van der Waals surface area contributed by atoms with Crippen molar-refractivity contribution >= 4 is 10.0 Å². The lowest BCUT2D eigenvalue weighted by Crippen LogP contribution is -2.50. The van der Waals surface area contributed by atoms with Crippen LogP contribution >= 0.6 is 0 Å². The first-order valence-corrected chi connectivity index (χ1v) is 8.31. The van der Waals surface area contributed by atoms with Crippen LogP contribution in [0.5, 0.6) is 0 Å². The Labute approximate surface area is 113 Å². The topological polar surface area (TPSA) is 78.1 Å². The molecule has 2 aliphatic heterocycles. The van der Waals surface area contributed by atoms with Gasteiger partial charge in [0, 0.05) is 24.7 Å². The van der Waals surface area contributed by atoms with Crippen LogP contribution in [0.15, 0.2) is 17.6 Å². The van der Waals surface area contributed by atoms with Gasteiger partial charge in [0.15, 0.2) is 5.03 Å². The predicted octanol–water partition coefficient (Wildman–Crippen LogP) is 0.703. The second-order valence-corrected chi connectivity index (χ2v) is 7.25. The summed E-state index contributed by atoms with van der Waals surface area (Å²) in [6.45, 7) is 2.41. The number of H-pyrrole nitrogens is 1. The molecule has 0 aliphatic carbocycles. The molecule has 2 aliphatic rings. The minimum atomic E-state index is -3.44. The minimum absolute atomic E-state index is 0.108. The van der Waals surface area contributed by atoms with Crippen molar-refractivity contribution in [3.63, 3.8) is 0 Å². The highest BCUT2D eigenvalue weighted by Gasteiger charge is 2.40. The van der Waals surface area contributed by atoms with Gasteiger partial charge in [-0.2, -0.15) is 4.31 Å². The van der Waals surface area contributed by atoms with Crippen LogP contribution in [0, 0.1) is 0 Å². The Kier molecular flexibility index (Phi) is 3.36. The van der Waals surface area contributed by atoms with Gasteiger partial charge in [-0.1, -0.05) is 6.92 Å². The SMILES string of the molecule is CCN(C1CC2CCC(C1)N2)S(=O)(=O)c1cnc[nH]1. The highest BCUT2D eigenvalue weighted by molar-refractivity contribution is 7.89. The van der Waals surface area contributed by atoms with E-state index in [0.29, 0.717) is 18.6 Å². The van der Waals surface area contributed by atoms with Crippen LogP contribution in [0.1, 0.15) is 32.6 Å². The first-order valence-electron chi connectivity index (χ1n) is 6.87. The van der Waals surface area contributed by atoms with Crippen molar-refractivity contribution in [2.24, 2.45) is 0 Å². The predicted molar refractivity (Wildman–Crippen MR) is 71.1 cm³/mol. The molecular formula is C12H20N4O2S. The molecule has 19 heavy (non-hydrogen) atoms. The van der Waals surface area contributed by atoms with Crippen molar-refractivity contribution in [1.29, 1.82) is 0 Å². The molecular weight excluding hydrogens is 264 g/mol. The monoisotopic (exact) mass is 284 g/mol. The Morgan fingerprint density at radius 3 is 2.58 bits per heavy atom. The summed E-state index contributed by atoms with van der Waals surface area (Å²) in [5.41, 5.74) is 0. The van der Waals surface area contributed by atoms with Crippen LogP contribution in [0.2, 0.25) is 0 Å². The summed E-state index contributed by atoms with van der Waals surface area (Å²) in [5.74, 6) is 0. The van der Waals surface area contributed by atoms with E-state index in [1.165, 1.54) is 25.4 Å². The van der Waals surface area contributed by atoms with E-state index in [2.05, 4.69) is 15.3 Å². The summed E-state index contributed by atoms with van der Waals surface area (Å²) in [7, 11) is -3.44. The van der Waals surface area contributed by atoms with E-state index in [9.17, 15) is 8.42 Å². The first kappa shape index (κ1) is 13.1. The van der Waals surface area contributed by atoms with Crippen molar-refractivity contribution in [3.8, 4) is 0 Å². The third-order valence-corrected chi connectivity index (χ3v) is 6.18. The number of nitrogens with zero attached hydrogens (tertiary/aromatic N) is 2. The minimum Gasteiger partial charge on any atom is -0.335 e. The van der Waals surface area contributed by atoms with Gasteiger partial charge < -0.3 is 10.3 Å². The number of fused-ring (bicyclic) bond motifs is 2. The molecule has 2 bridgehead atoms. The Balaban J connectivity index is 1.85. The smallest absolute Gasteiger partial charge is 0.260 e. The molecule has 1 aromatic heterocycles. The lowest BCUT2D eigenvalue weighted by molar-refractivity contribution is 0.232. The molecule has 0 saturated carbocycles. The number of hydrogen-bond donors (Lipinski definition) is 2. The largest absolute Gasteiger partial charge is 0.335 e. The van der Waals surface area contributed by atoms with E-state index in [1.54, 1.807) is 4.31 Å². The molecule has 0 radical (unpaired) electrons. The highest BCUT2D eigenvalue weighted by Crippen LogP contribution is 2.31. The van der Waals surface area contributed by atoms with Gasteiger partial charge in [-0.3, -0.25) is 0 Å². The van der Waals surface area contributed by atoms with Gasteiger partial charge in [0.1, 0.15) is 0 Å². The third kappa shape index (κ3) is 2.30. The quantitative estimate of drug-likeness (QED) is 0.853. The van der Waals surface area contributed by atoms with Gasteiger partial charge in [-0.15, -0.1) is 0 Å². The molecule has 2 N–H and O–H groups in total. The molecule has 106 valence electrons. The lowest BCUT2D eigenvalue weighted by Gasteiger charge is -2.36. The van der Waals surface area contributed by atoms with Gasteiger partial charge in [-0.25, -0.2) is 13.4 Å². The van der Waals surface area contributed by atoms with E-state index in [1.807, 2.05) is 6.92 Å². The normalized spacial score (nSPS) is 30.9. The highest BCUT2D eigenvalue weighted by atomic mass is 32.2. The average molecular weight is 284 g/mol. The van der Waals surface area contributed by atoms with Gasteiger partial charge in [0.25, 0.3) is 10.0 Å². The fraction of sp³-hybridized carbons (Fsp3) is 0.750. The summed E-state index contributed by atoms with van der Waals surface area (Å²) >= 11 is 0. The summed E-state index contributed by atoms with van der Waals surface area (Å²) in [6.07, 6.45) is 6.96. The maximum atomic E-state index is 12.6. The number of piperidine rings is 1. The lowest BCUT2D eigenvalue weighted by atomic mass is 10.00. The molecule has 0 aromatic carbocycles. The fourth-order valence-electron chi connectivity index (χ4n) is 3.40. The zero-order valence-electron chi connectivity index (χ0n) is 11.0. The number of imidazole rings is 1. The summed E-state index contributed by atoms with van der Waals surface area (Å²) in [5, 5.41) is 3.74. The number of aromatic nitrogens is 2. The van der Waals surface area contributed by atoms with Crippen LogP contribution in [-0.4, -0.2) is 47.4 Å². The van der Waals surface area contributed by atoms with Crippen molar-refractivity contribution in [2.45, 2.75) is 55.8 Å². The average Bonchev–Trinajstić information content (AvgIpc) is 3.00. The first-order chi connectivity index (χ1) is 9.11. The van der Waals surface area contributed by atoms with E-state index in [4.69, 9.17) is 0 Å². The number of nitrogens with one attached hydrogen (secondary N) is 2. The summed E-state index contributed by atoms with van der Waals surface area (Å²) in [6, 6.07) is 1.07. The zero-order chi connectivity index (χ0) is 13.5. The molecule has 0 amide bonds. The standard InChI is InChI=1S/C12H20N4O2S/c1-2-16(19(17,18)12-7-13-8-14-12)11-5-9-3-4-10(6-11)15-9/h7-11,15H,2-6H2,1H3,(H,13,14). The molecule has 2 atom stereocenters. The Bertz CT molecular complexity index is 516. The van der Waals surface area contributed by atoms with Crippen LogP contribution < -0.4 is 5.32 Å². The molecule has 7 heteroatoms. The van der Waals surface area contributed by atoms with Crippen molar-refractivity contribution < 1.29 is 8.42 Å². The van der Waals surface area contributed by atoms with Crippen LogP contribution in [0.3, 0.4) is 0 Å². The maximum absolute atomic E-state index is 12.6.